The average Bonchev–Trinajstić information content (AvgIpc) is 2.41. The molecule has 2 rings (SSSR count). The Kier molecular flexibility index (Phi) is 3.89. The van der Waals surface area contributed by atoms with Crippen molar-refractivity contribution >= 4 is 17.8 Å². The fraction of sp³-hybridized carbons (Fsp3) is 0.769. The Morgan fingerprint density at radius 1 is 1.11 bits per heavy atom. The van der Waals surface area contributed by atoms with Gasteiger partial charge in [0.2, 0.25) is 0 Å². The van der Waals surface area contributed by atoms with Gasteiger partial charge in [-0.2, -0.15) is 0 Å². The molecule has 0 aliphatic carbocycles. The summed E-state index contributed by atoms with van der Waals surface area (Å²) in [4.78, 5) is 39.7. The van der Waals surface area contributed by atoms with Crippen LogP contribution in [0.1, 0.15) is 39.5 Å². The molecule has 0 radical (unpaired) electrons. The molecule has 2 aliphatic rings. The molecule has 2 aliphatic heterocycles. The van der Waals surface area contributed by atoms with Crippen LogP contribution in [0, 0.1) is 0 Å². The number of nitrogens with one attached hydrogen (secondary N) is 1. The summed E-state index contributed by atoms with van der Waals surface area (Å²) in [5, 5.41) is 2.34. The number of hydrogen-bond acceptors (Lipinski definition) is 4. The summed E-state index contributed by atoms with van der Waals surface area (Å²) >= 11 is 0. The summed E-state index contributed by atoms with van der Waals surface area (Å²) in [5.41, 5.74) is -1.19. The second kappa shape index (κ2) is 5.28. The standard InChI is InChI=1S/C13H21N3O3/c1-3-13(15-8-6-5-7-9-15)10(17)14-12(19)16(4-2)11(13)18/h3-9H2,1-2H3,(H,14,17,19). The summed E-state index contributed by atoms with van der Waals surface area (Å²) in [6.45, 7) is 5.32. The fourth-order valence-electron chi connectivity index (χ4n) is 3.06. The van der Waals surface area contributed by atoms with Gasteiger partial charge < -0.3 is 0 Å². The highest BCUT2D eigenvalue weighted by Crippen LogP contribution is 2.29. The Labute approximate surface area is 113 Å². The van der Waals surface area contributed by atoms with Crippen molar-refractivity contribution in [3.8, 4) is 0 Å². The normalized spacial score (nSPS) is 29.6. The van der Waals surface area contributed by atoms with E-state index in [0.717, 1.165) is 37.3 Å². The zero-order valence-electron chi connectivity index (χ0n) is 11.6. The zero-order valence-corrected chi connectivity index (χ0v) is 11.6. The molecular formula is C13H21N3O3. The minimum atomic E-state index is -1.19. The third-order valence-corrected chi connectivity index (χ3v) is 4.16. The molecule has 4 amide bonds. The van der Waals surface area contributed by atoms with Crippen molar-refractivity contribution in [3.63, 3.8) is 0 Å². The molecule has 19 heavy (non-hydrogen) atoms. The van der Waals surface area contributed by atoms with Crippen LogP contribution in [0.15, 0.2) is 0 Å². The molecule has 2 heterocycles. The summed E-state index contributed by atoms with van der Waals surface area (Å²) in [7, 11) is 0. The van der Waals surface area contributed by atoms with Crippen molar-refractivity contribution in [3.05, 3.63) is 0 Å². The van der Waals surface area contributed by atoms with E-state index in [2.05, 4.69) is 5.32 Å². The van der Waals surface area contributed by atoms with Crippen LogP contribution in [0.4, 0.5) is 4.79 Å². The average molecular weight is 267 g/mol. The molecule has 1 unspecified atom stereocenters. The highest BCUT2D eigenvalue weighted by atomic mass is 16.2. The van der Waals surface area contributed by atoms with Crippen molar-refractivity contribution < 1.29 is 14.4 Å². The highest BCUT2D eigenvalue weighted by molar-refractivity contribution is 6.22. The van der Waals surface area contributed by atoms with Gasteiger partial charge in [0.25, 0.3) is 11.8 Å². The molecule has 2 fully saturated rings. The van der Waals surface area contributed by atoms with Crippen molar-refractivity contribution in [1.82, 2.24) is 15.1 Å². The van der Waals surface area contributed by atoms with Crippen molar-refractivity contribution in [2.45, 2.75) is 45.1 Å². The number of rotatable bonds is 3. The van der Waals surface area contributed by atoms with Crippen LogP contribution in [0.3, 0.4) is 0 Å². The van der Waals surface area contributed by atoms with Gasteiger partial charge in [0.1, 0.15) is 0 Å². The number of likely N-dealkylation sites (tertiary alicyclic amines) is 1. The maximum atomic E-state index is 12.6. The summed E-state index contributed by atoms with van der Waals surface area (Å²) in [6.07, 6.45) is 3.49. The van der Waals surface area contributed by atoms with E-state index in [1.54, 1.807) is 6.92 Å². The Morgan fingerprint density at radius 2 is 1.74 bits per heavy atom. The lowest BCUT2D eigenvalue weighted by atomic mass is 9.87. The van der Waals surface area contributed by atoms with Crippen LogP contribution in [0.5, 0.6) is 0 Å². The molecule has 0 aromatic heterocycles. The molecule has 0 spiro atoms. The first kappa shape index (κ1) is 14.0. The van der Waals surface area contributed by atoms with Gasteiger partial charge in [0, 0.05) is 6.54 Å². The highest BCUT2D eigenvalue weighted by Gasteiger charge is 2.55. The van der Waals surface area contributed by atoms with Gasteiger partial charge in [-0.1, -0.05) is 13.3 Å². The molecule has 2 saturated heterocycles. The second-order valence-electron chi connectivity index (χ2n) is 5.07. The first-order chi connectivity index (χ1) is 9.07. The van der Waals surface area contributed by atoms with Crippen LogP contribution in [0.25, 0.3) is 0 Å². The number of likely N-dealkylation sites (N-methyl/N-ethyl adjacent to an activating group) is 1. The quantitative estimate of drug-likeness (QED) is 0.765. The number of amides is 4. The van der Waals surface area contributed by atoms with Crippen LogP contribution >= 0.6 is 0 Å². The van der Waals surface area contributed by atoms with Gasteiger partial charge in [0.05, 0.1) is 0 Å². The van der Waals surface area contributed by atoms with Gasteiger partial charge in [-0.3, -0.25) is 24.7 Å². The lowest BCUT2D eigenvalue weighted by Gasteiger charge is -2.46. The Hall–Kier alpha value is -1.43. The van der Waals surface area contributed by atoms with E-state index >= 15 is 0 Å². The van der Waals surface area contributed by atoms with E-state index in [0.29, 0.717) is 6.42 Å². The van der Waals surface area contributed by atoms with E-state index in [4.69, 9.17) is 0 Å². The number of barbiturate groups is 1. The number of urea groups is 1. The first-order valence-electron chi connectivity index (χ1n) is 7.00. The lowest BCUT2D eigenvalue weighted by molar-refractivity contribution is -0.155. The van der Waals surface area contributed by atoms with Crippen LogP contribution < -0.4 is 5.32 Å². The Balaban J connectivity index is 2.37. The number of hydrogen-bond donors (Lipinski definition) is 1. The smallest absolute Gasteiger partial charge is 0.282 e. The number of nitrogens with zero attached hydrogens (tertiary/aromatic N) is 2. The molecule has 1 atom stereocenters. The monoisotopic (exact) mass is 267 g/mol. The van der Waals surface area contributed by atoms with E-state index in [9.17, 15) is 14.4 Å². The number of carbonyl (C=O) groups excluding carboxylic acids is 3. The van der Waals surface area contributed by atoms with E-state index < -0.39 is 17.5 Å². The SMILES string of the molecule is CCN1C(=O)NC(=O)C(CC)(N2CCCCC2)C1=O. The maximum absolute atomic E-state index is 12.6. The fourth-order valence-corrected chi connectivity index (χ4v) is 3.06. The molecule has 0 saturated carbocycles. The van der Waals surface area contributed by atoms with Crippen molar-refractivity contribution in [2.75, 3.05) is 19.6 Å². The maximum Gasteiger partial charge on any atom is 0.330 e. The Morgan fingerprint density at radius 3 is 2.26 bits per heavy atom. The largest absolute Gasteiger partial charge is 0.330 e. The van der Waals surface area contributed by atoms with E-state index in [1.807, 2.05) is 11.8 Å². The van der Waals surface area contributed by atoms with E-state index in [1.165, 1.54) is 0 Å². The third kappa shape index (κ3) is 2.04. The molecule has 1 N–H and O–H groups in total. The molecule has 0 aromatic rings. The van der Waals surface area contributed by atoms with Crippen LogP contribution in [0.2, 0.25) is 0 Å². The predicted molar refractivity (Wildman–Crippen MR) is 69.4 cm³/mol. The van der Waals surface area contributed by atoms with Crippen molar-refractivity contribution in [1.29, 1.82) is 0 Å². The second-order valence-corrected chi connectivity index (χ2v) is 5.07. The minimum absolute atomic E-state index is 0.285. The third-order valence-electron chi connectivity index (χ3n) is 4.16. The minimum Gasteiger partial charge on any atom is -0.282 e. The molecule has 0 bridgehead atoms. The summed E-state index contributed by atoms with van der Waals surface area (Å²) in [6, 6.07) is -0.599. The predicted octanol–water partition coefficient (Wildman–Crippen LogP) is 0.719. The van der Waals surface area contributed by atoms with Gasteiger partial charge >= 0.3 is 6.03 Å². The number of imide groups is 2. The summed E-state index contributed by atoms with van der Waals surface area (Å²) < 4.78 is 0. The zero-order chi connectivity index (χ0) is 14.0. The van der Waals surface area contributed by atoms with Gasteiger partial charge in [0.15, 0.2) is 5.54 Å². The van der Waals surface area contributed by atoms with Crippen LogP contribution in [-0.2, 0) is 9.59 Å². The van der Waals surface area contributed by atoms with Gasteiger partial charge in [-0.05, 0) is 39.3 Å². The van der Waals surface area contributed by atoms with Gasteiger partial charge in [-0.25, -0.2) is 4.79 Å². The van der Waals surface area contributed by atoms with E-state index in [-0.39, 0.29) is 12.5 Å². The molecular weight excluding hydrogens is 246 g/mol. The van der Waals surface area contributed by atoms with Crippen LogP contribution in [-0.4, -0.2) is 52.8 Å². The molecule has 0 aromatic carbocycles. The Bertz CT molecular complexity index is 404. The van der Waals surface area contributed by atoms with Gasteiger partial charge in [-0.15, -0.1) is 0 Å². The van der Waals surface area contributed by atoms with Crippen molar-refractivity contribution in [2.24, 2.45) is 0 Å². The first-order valence-corrected chi connectivity index (χ1v) is 7.00. The molecule has 106 valence electrons. The molecule has 6 heteroatoms. The lowest BCUT2D eigenvalue weighted by Crippen LogP contribution is -2.74. The summed E-state index contributed by atoms with van der Waals surface area (Å²) in [5.74, 6) is -0.829. The topological polar surface area (TPSA) is 69.7 Å². The number of carbonyl (C=O) groups is 3. The number of piperidine rings is 1. The molecule has 6 nitrogen and oxygen atoms in total.